The summed E-state index contributed by atoms with van der Waals surface area (Å²) in [5.41, 5.74) is 2.99. The molecule has 4 rings (SSSR count). The van der Waals surface area contributed by atoms with Gasteiger partial charge in [0.1, 0.15) is 5.82 Å². The van der Waals surface area contributed by atoms with E-state index in [2.05, 4.69) is 15.4 Å². The standard InChI is InChI=1S/C23H26FN5O3S/c1-4-19(16-11-12-25-22(13-16)33(3,31)32)27-23(30)28-15(2)5-10-20-21(28)14-26-29(20)18-8-6-17(24)7-9-18/h6-9,11-15,19H,4-5,10H2,1-3H3,(H,27,30). The topological polar surface area (TPSA) is 97.2 Å². The molecule has 0 aliphatic carbocycles. The van der Waals surface area contributed by atoms with Gasteiger partial charge in [-0.3, -0.25) is 4.90 Å². The Bertz CT molecular complexity index is 1270. The Morgan fingerprint density at radius 3 is 2.67 bits per heavy atom. The molecule has 8 nitrogen and oxygen atoms in total. The first-order chi connectivity index (χ1) is 15.7. The normalized spacial score (nSPS) is 16.8. The molecule has 3 heterocycles. The molecule has 3 aromatic rings. The number of halogens is 1. The molecule has 0 bridgehead atoms. The monoisotopic (exact) mass is 471 g/mol. The predicted octanol–water partition coefficient (Wildman–Crippen LogP) is 3.81. The summed E-state index contributed by atoms with van der Waals surface area (Å²) in [6, 6.07) is 8.56. The van der Waals surface area contributed by atoms with Gasteiger partial charge in [0.05, 0.1) is 29.3 Å². The van der Waals surface area contributed by atoms with Gasteiger partial charge in [0, 0.05) is 18.5 Å². The summed E-state index contributed by atoms with van der Waals surface area (Å²) in [7, 11) is -3.46. The zero-order chi connectivity index (χ0) is 23.8. The van der Waals surface area contributed by atoms with Crippen LogP contribution in [0.3, 0.4) is 0 Å². The van der Waals surface area contributed by atoms with Crippen molar-refractivity contribution in [1.82, 2.24) is 20.1 Å². The van der Waals surface area contributed by atoms with Crippen LogP contribution in [0.15, 0.2) is 53.8 Å². The fourth-order valence-corrected chi connectivity index (χ4v) is 4.71. The largest absolute Gasteiger partial charge is 0.331 e. The van der Waals surface area contributed by atoms with Gasteiger partial charge in [-0.05, 0) is 68.1 Å². The average molecular weight is 472 g/mol. The van der Waals surface area contributed by atoms with Gasteiger partial charge in [-0.1, -0.05) is 6.92 Å². The van der Waals surface area contributed by atoms with Gasteiger partial charge in [-0.25, -0.2) is 27.3 Å². The second-order valence-corrected chi connectivity index (χ2v) is 10.2. The van der Waals surface area contributed by atoms with E-state index in [9.17, 15) is 17.6 Å². The first-order valence-corrected chi connectivity index (χ1v) is 12.7. The molecule has 2 atom stereocenters. The number of nitrogens with zero attached hydrogens (tertiary/aromatic N) is 4. The minimum Gasteiger partial charge on any atom is -0.331 e. The number of carbonyl (C=O) groups is 1. The Balaban J connectivity index is 1.62. The quantitative estimate of drug-likeness (QED) is 0.610. The van der Waals surface area contributed by atoms with E-state index in [0.717, 1.165) is 30.5 Å². The fourth-order valence-electron chi connectivity index (χ4n) is 4.11. The minimum atomic E-state index is -3.46. The second kappa shape index (κ2) is 8.93. The first-order valence-electron chi connectivity index (χ1n) is 10.8. The lowest BCUT2D eigenvalue weighted by Crippen LogP contribution is -2.48. The van der Waals surface area contributed by atoms with Crippen molar-refractivity contribution in [2.75, 3.05) is 11.2 Å². The zero-order valence-electron chi connectivity index (χ0n) is 18.7. The van der Waals surface area contributed by atoms with Crippen LogP contribution in [0.25, 0.3) is 5.69 Å². The number of fused-ring (bicyclic) bond motifs is 1. The molecular formula is C23H26FN5O3S. The van der Waals surface area contributed by atoms with Crippen LogP contribution in [0.5, 0.6) is 0 Å². The molecule has 33 heavy (non-hydrogen) atoms. The second-order valence-electron chi connectivity index (χ2n) is 8.23. The van der Waals surface area contributed by atoms with Crippen molar-refractivity contribution in [1.29, 1.82) is 0 Å². The maximum atomic E-state index is 13.4. The van der Waals surface area contributed by atoms with Gasteiger partial charge in [0.2, 0.25) is 0 Å². The molecule has 2 amide bonds. The fraction of sp³-hybridized carbons (Fsp3) is 0.348. The SMILES string of the molecule is CCC(NC(=O)N1c2cnn(-c3ccc(F)cc3)c2CCC1C)c1ccnc(S(C)(=O)=O)c1. The third kappa shape index (κ3) is 4.61. The number of nitrogens with one attached hydrogen (secondary N) is 1. The number of aromatic nitrogens is 3. The summed E-state index contributed by atoms with van der Waals surface area (Å²) in [4.78, 5) is 19.0. The number of amides is 2. The molecule has 1 aromatic carbocycles. The van der Waals surface area contributed by atoms with Crippen LogP contribution in [-0.2, 0) is 16.3 Å². The lowest BCUT2D eigenvalue weighted by molar-refractivity contribution is 0.239. The summed E-state index contributed by atoms with van der Waals surface area (Å²) >= 11 is 0. The van der Waals surface area contributed by atoms with E-state index in [1.165, 1.54) is 24.4 Å². The molecule has 0 saturated carbocycles. The number of pyridine rings is 1. The molecule has 0 spiro atoms. The molecule has 2 aromatic heterocycles. The van der Waals surface area contributed by atoms with Crippen molar-refractivity contribution in [2.45, 2.75) is 50.2 Å². The van der Waals surface area contributed by atoms with Crippen molar-refractivity contribution in [3.05, 3.63) is 65.9 Å². The molecular weight excluding hydrogens is 445 g/mol. The molecule has 1 N–H and O–H groups in total. The van der Waals surface area contributed by atoms with E-state index in [0.29, 0.717) is 17.7 Å². The van der Waals surface area contributed by atoms with Gasteiger partial charge in [-0.2, -0.15) is 5.10 Å². The van der Waals surface area contributed by atoms with Crippen molar-refractivity contribution < 1.29 is 17.6 Å². The van der Waals surface area contributed by atoms with Crippen molar-refractivity contribution in [2.24, 2.45) is 0 Å². The maximum Gasteiger partial charge on any atom is 0.322 e. The molecule has 10 heteroatoms. The van der Waals surface area contributed by atoms with Crippen LogP contribution in [0.1, 0.15) is 44.0 Å². The lowest BCUT2D eigenvalue weighted by atomic mass is 10.0. The van der Waals surface area contributed by atoms with Gasteiger partial charge in [0.15, 0.2) is 14.9 Å². The highest BCUT2D eigenvalue weighted by molar-refractivity contribution is 7.90. The van der Waals surface area contributed by atoms with E-state index < -0.39 is 9.84 Å². The summed E-state index contributed by atoms with van der Waals surface area (Å²) in [5, 5.41) is 7.47. The van der Waals surface area contributed by atoms with Crippen LogP contribution in [0, 0.1) is 5.82 Å². The van der Waals surface area contributed by atoms with E-state index in [4.69, 9.17) is 0 Å². The Labute approximate surface area is 192 Å². The Morgan fingerprint density at radius 1 is 1.27 bits per heavy atom. The van der Waals surface area contributed by atoms with Crippen LogP contribution < -0.4 is 10.2 Å². The number of hydrogen-bond donors (Lipinski definition) is 1. The van der Waals surface area contributed by atoms with Crippen molar-refractivity contribution >= 4 is 21.6 Å². The summed E-state index contributed by atoms with van der Waals surface area (Å²) in [5.74, 6) is -0.324. The van der Waals surface area contributed by atoms with Gasteiger partial charge >= 0.3 is 6.03 Å². The van der Waals surface area contributed by atoms with E-state index in [1.54, 1.807) is 34.0 Å². The Hall–Kier alpha value is -3.27. The van der Waals surface area contributed by atoms with Crippen LogP contribution in [0.4, 0.5) is 14.9 Å². The smallest absolute Gasteiger partial charge is 0.322 e. The summed E-state index contributed by atoms with van der Waals surface area (Å²) < 4.78 is 38.9. The van der Waals surface area contributed by atoms with Gasteiger partial charge < -0.3 is 5.32 Å². The molecule has 1 aliphatic heterocycles. The van der Waals surface area contributed by atoms with E-state index in [1.807, 2.05) is 13.8 Å². The first kappa shape index (κ1) is 22.9. The number of carbonyl (C=O) groups excluding carboxylic acids is 1. The molecule has 1 aliphatic rings. The Kier molecular flexibility index (Phi) is 6.20. The van der Waals surface area contributed by atoms with Crippen LogP contribution >= 0.6 is 0 Å². The zero-order valence-corrected chi connectivity index (χ0v) is 19.5. The Morgan fingerprint density at radius 2 is 2.00 bits per heavy atom. The molecule has 0 fully saturated rings. The number of sulfone groups is 1. The number of rotatable bonds is 5. The number of anilines is 1. The average Bonchev–Trinajstić information content (AvgIpc) is 3.21. The van der Waals surface area contributed by atoms with Crippen LogP contribution in [-0.4, -0.2) is 41.5 Å². The lowest BCUT2D eigenvalue weighted by Gasteiger charge is -2.34. The summed E-state index contributed by atoms with van der Waals surface area (Å²) in [6.07, 6.45) is 6.25. The maximum absolute atomic E-state index is 13.4. The minimum absolute atomic E-state index is 0.0260. The molecule has 174 valence electrons. The number of hydrogen-bond acceptors (Lipinski definition) is 5. The van der Waals surface area contributed by atoms with Gasteiger partial charge in [0.25, 0.3) is 0 Å². The van der Waals surface area contributed by atoms with E-state index in [-0.39, 0.29) is 29.0 Å². The van der Waals surface area contributed by atoms with Crippen molar-refractivity contribution in [3.8, 4) is 5.69 Å². The number of urea groups is 1. The summed E-state index contributed by atoms with van der Waals surface area (Å²) in [6.45, 7) is 3.90. The third-order valence-electron chi connectivity index (χ3n) is 5.88. The molecule has 0 saturated heterocycles. The van der Waals surface area contributed by atoms with Crippen LogP contribution in [0.2, 0.25) is 0 Å². The highest BCUT2D eigenvalue weighted by Crippen LogP contribution is 2.33. The molecule has 0 radical (unpaired) electrons. The van der Waals surface area contributed by atoms with Gasteiger partial charge in [-0.15, -0.1) is 0 Å². The molecule has 2 unspecified atom stereocenters. The van der Waals surface area contributed by atoms with E-state index >= 15 is 0 Å². The third-order valence-corrected chi connectivity index (χ3v) is 6.87. The highest BCUT2D eigenvalue weighted by atomic mass is 32.2. The number of benzene rings is 1. The highest BCUT2D eigenvalue weighted by Gasteiger charge is 2.32. The van der Waals surface area contributed by atoms with Crippen molar-refractivity contribution in [3.63, 3.8) is 0 Å². The predicted molar refractivity (Wildman–Crippen MR) is 123 cm³/mol.